The van der Waals surface area contributed by atoms with Crippen LogP contribution in [0.25, 0.3) is 0 Å². The van der Waals surface area contributed by atoms with Crippen LogP contribution in [0.3, 0.4) is 0 Å². The van der Waals surface area contributed by atoms with E-state index in [9.17, 15) is 19.8 Å². The fraction of sp³-hybridized carbons (Fsp3) is 0.125. The molecule has 0 saturated carbocycles. The average Bonchev–Trinajstić information content (AvgIpc) is 2.46. The fourth-order valence-electron chi connectivity index (χ4n) is 2.02. The molecule has 4 nitrogen and oxygen atoms in total. The standard InChI is InChI=1S/C16H14O4/c17-10-9-15(11-1-5-13(18)6-2-11)16(20)12-3-7-14(19)8-4-12/h1-8,10,15,18-19H,9H2. The van der Waals surface area contributed by atoms with E-state index in [1.807, 2.05) is 0 Å². The first kappa shape index (κ1) is 13.8. The number of carbonyl (C=O) groups excluding carboxylic acids is 2. The van der Waals surface area contributed by atoms with Gasteiger partial charge >= 0.3 is 0 Å². The minimum atomic E-state index is -0.586. The predicted octanol–water partition coefficient (Wildman–Crippen LogP) is 2.65. The third-order valence-electron chi connectivity index (χ3n) is 3.10. The number of phenols is 2. The predicted molar refractivity (Wildman–Crippen MR) is 74.0 cm³/mol. The van der Waals surface area contributed by atoms with Crippen LogP contribution >= 0.6 is 0 Å². The second-order valence-corrected chi connectivity index (χ2v) is 4.46. The molecule has 0 fully saturated rings. The molecule has 0 aliphatic rings. The van der Waals surface area contributed by atoms with Gasteiger partial charge in [0.15, 0.2) is 5.78 Å². The van der Waals surface area contributed by atoms with Crippen molar-refractivity contribution in [3.63, 3.8) is 0 Å². The van der Waals surface area contributed by atoms with Gasteiger partial charge in [-0.3, -0.25) is 4.79 Å². The summed E-state index contributed by atoms with van der Waals surface area (Å²) in [4.78, 5) is 23.2. The number of hydrogen-bond acceptors (Lipinski definition) is 4. The summed E-state index contributed by atoms with van der Waals surface area (Å²) < 4.78 is 0. The normalized spacial score (nSPS) is 11.8. The Morgan fingerprint density at radius 2 is 1.45 bits per heavy atom. The van der Waals surface area contributed by atoms with Crippen LogP contribution in [0.5, 0.6) is 11.5 Å². The monoisotopic (exact) mass is 270 g/mol. The molecule has 4 heteroatoms. The first-order valence-electron chi connectivity index (χ1n) is 6.17. The molecule has 0 saturated heterocycles. The maximum Gasteiger partial charge on any atom is 0.170 e. The number of rotatable bonds is 5. The van der Waals surface area contributed by atoms with Crippen molar-refractivity contribution in [2.75, 3.05) is 0 Å². The lowest BCUT2D eigenvalue weighted by Gasteiger charge is -2.14. The van der Waals surface area contributed by atoms with Crippen molar-refractivity contribution in [2.45, 2.75) is 12.3 Å². The lowest BCUT2D eigenvalue weighted by atomic mass is 9.88. The molecule has 2 aromatic rings. The van der Waals surface area contributed by atoms with Crippen molar-refractivity contribution in [1.29, 1.82) is 0 Å². The molecule has 1 atom stereocenters. The molecule has 102 valence electrons. The van der Waals surface area contributed by atoms with Gasteiger partial charge in [0.25, 0.3) is 0 Å². The number of aromatic hydroxyl groups is 2. The topological polar surface area (TPSA) is 74.6 Å². The number of hydrogen-bond donors (Lipinski definition) is 2. The summed E-state index contributed by atoms with van der Waals surface area (Å²) in [6.45, 7) is 0. The highest BCUT2D eigenvalue weighted by Crippen LogP contribution is 2.26. The molecule has 0 amide bonds. The van der Waals surface area contributed by atoms with E-state index in [1.54, 1.807) is 12.1 Å². The Morgan fingerprint density at radius 3 is 1.95 bits per heavy atom. The third-order valence-corrected chi connectivity index (χ3v) is 3.10. The van der Waals surface area contributed by atoms with Gasteiger partial charge in [-0.15, -0.1) is 0 Å². The van der Waals surface area contributed by atoms with E-state index < -0.39 is 5.92 Å². The molecular weight excluding hydrogens is 256 g/mol. The second kappa shape index (κ2) is 6.02. The van der Waals surface area contributed by atoms with Gasteiger partial charge in [0.2, 0.25) is 0 Å². The van der Waals surface area contributed by atoms with E-state index in [1.165, 1.54) is 36.4 Å². The van der Waals surface area contributed by atoms with Gasteiger partial charge in [-0.2, -0.15) is 0 Å². The summed E-state index contributed by atoms with van der Waals surface area (Å²) in [5.74, 6) is -0.589. The molecule has 2 N–H and O–H groups in total. The molecule has 1 unspecified atom stereocenters. The van der Waals surface area contributed by atoms with E-state index in [0.29, 0.717) is 17.4 Å². The maximum absolute atomic E-state index is 12.4. The Labute approximate surface area is 116 Å². The summed E-state index contributed by atoms with van der Waals surface area (Å²) in [5, 5.41) is 18.5. The van der Waals surface area contributed by atoms with Gasteiger partial charge in [-0.25, -0.2) is 0 Å². The molecule has 2 rings (SSSR count). The lowest BCUT2D eigenvalue weighted by Crippen LogP contribution is -2.13. The SMILES string of the molecule is O=CCC(C(=O)c1ccc(O)cc1)c1ccc(O)cc1. The molecular formula is C16H14O4. The molecule has 0 heterocycles. The number of aldehydes is 1. The van der Waals surface area contributed by atoms with E-state index in [0.717, 1.165) is 0 Å². The molecule has 20 heavy (non-hydrogen) atoms. The zero-order valence-electron chi connectivity index (χ0n) is 10.7. The minimum Gasteiger partial charge on any atom is -0.508 e. The van der Waals surface area contributed by atoms with E-state index >= 15 is 0 Å². The van der Waals surface area contributed by atoms with Gasteiger partial charge in [0, 0.05) is 12.0 Å². The van der Waals surface area contributed by atoms with Crippen molar-refractivity contribution < 1.29 is 19.8 Å². The zero-order valence-corrected chi connectivity index (χ0v) is 10.7. The van der Waals surface area contributed by atoms with Crippen molar-refractivity contribution in [2.24, 2.45) is 0 Å². The Bertz CT molecular complexity index is 599. The number of benzene rings is 2. The molecule has 2 aromatic carbocycles. The fourth-order valence-corrected chi connectivity index (χ4v) is 2.02. The van der Waals surface area contributed by atoms with E-state index in [-0.39, 0.29) is 23.7 Å². The van der Waals surface area contributed by atoms with Crippen LogP contribution in [-0.2, 0) is 4.79 Å². The summed E-state index contributed by atoms with van der Waals surface area (Å²) in [7, 11) is 0. The van der Waals surface area contributed by atoms with Crippen LogP contribution in [-0.4, -0.2) is 22.3 Å². The number of carbonyl (C=O) groups is 2. The third kappa shape index (κ3) is 3.03. The molecule has 0 aliphatic heterocycles. The van der Waals surface area contributed by atoms with Gasteiger partial charge in [-0.05, 0) is 42.0 Å². The number of ketones is 1. The second-order valence-electron chi connectivity index (χ2n) is 4.46. The summed E-state index contributed by atoms with van der Waals surface area (Å²) in [6, 6.07) is 12.1. The largest absolute Gasteiger partial charge is 0.508 e. The van der Waals surface area contributed by atoms with Crippen molar-refractivity contribution in [3.8, 4) is 11.5 Å². The van der Waals surface area contributed by atoms with E-state index in [4.69, 9.17) is 0 Å². The van der Waals surface area contributed by atoms with Crippen molar-refractivity contribution in [3.05, 3.63) is 59.7 Å². The Hall–Kier alpha value is -2.62. The van der Waals surface area contributed by atoms with E-state index in [2.05, 4.69) is 0 Å². The van der Waals surface area contributed by atoms with Gasteiger partial charge < -0.3 is 15.0 Å². The van der Waals surface area contributed by atoms with Gasteiger partial charge in [0.05, 0.1) is 5.92 Å². The van der Waals surface area contributed by atoms with Gasteiger partial charge in [-0.1, -0.05) is 12.1 Å². The van der Waals surface area contributed by atoms with Crippen LogP contribution in [0.2, 0.25) is 0 Å². The van der Waals surface area contributed by atoms with Crippen LogP contribution in [0.15, 0.2) is 48.5 Å². The molecule has 0 spiro atoms. The van der Waals surface area contributed by atoms with Crippen molar-refractivity contribution >= 4 is 12.1 Å². The van der Waals surface area contributed by atoms with Gasteiger partial charge in [0.1, 0.15) is 17.8 Å². The van der Waals surface area contributed by atoms with Crippen LogP contribution < -0.4 is 0 Å². The summed E-state index contributed by atoms with van der Waals surface area (Å²) in [6.07, 6.45) is 0.778. The highest BCUT2D eigenvalue weighted by atomic mass is 16.3. The zero-order chi connectivity index (χ0) is 14.5. The highest BCUT2D eigenvalue weighted by Gasteiger charge is 2.21. The minimum absolute atomic E-state index is 0.0739. The number of Topliss-reactive ketones (excluding diaryl/α,β-unsaturated/α-hetero) is 1. The Kier molecular flexibility index (Phi) is 4.15. The van der Waals surface area contributed by atoms with Crippen LogP contribution in [0.1, 0.15) is 28.3 Å². The quantitative estimate of drug-likeness (QED) is 0.647. The molecule has 0 aromatic heterocycles. The average molecular weight is 270 g/mol. The Morgan fingerprint density at radius 1 is 0.950 bits per heavy atom. The summed E-state index contributed by atoms with van der Waals surface area (Å²) in [5.41, 5.74) is 1.11. The Balaban J connectivity index is 2.32. The molecule has 0 radical (unpaired) electrons. The van der Waals surface area contributed by atoms with Crippen LogP contribution in [0, 0.1) is 0 Å². The first-order chi connectivity index (χ1) is 9.61. The maximum atomic E-state index is 12.4. The molecule has 0 aliphatic carbocycles. The highest BCUT2D eigenvalue weighted by molar-refractivity contribution is 6.02. The smallest absolute Gasteiger partial charge is 0.170 e. The van der Waals surface area contributed by atoms with Crippen molar-refractivity contribution in [1.82, 2.24) is 0 Å². The lowest BCUT2D eigenvalue weighted by molar-refractivity contribution is -0.108. The number of phenolic OH excluding ortho intramolecular Hbond substituents is 2. The molecule has 0 bridgehead atoms. The first-order valence-corrected chi connectivity index (χ1v) is 6.17. The summed E-state index contributed by atoms with van der Waals surface area (Å²) >= 11 is 0. The van der Waals surface area contributed by atoms with Crippen LogP contribution in [0.4, 0.5) is 0 Å².